The van der Waals surface area contributed by atoms with Crippen molar-refractivity contribution in [1.82, 2.24) is 10.3 Å². The monoisotopic (exact) mass is 290 g/mol. The Kier molecular flexibility index (Phi) is 5.56. The first kappa shape index (κ1) is 15.0. The molecule has 0 aliphatic carbocycles. The second-order valence-electron chi connectivity index (χ2n) is 4.71. The third-order valence-electron chi connectivity index (χ3n) is 3.33. The van der Waals surface area contributed by atoms with Crippen LogP contribution in [-0.2, 0) is 6.42 Å². The van der Waals surface area contributed by atoms with Gasteiger partial charge in [-0.3, -0.25) is 4.98 Å². The van der Waals surface area contributed by atoms with Crippen LogP contribution in [0.1, 0.15) is 42.3 Å². The van der Waals surface area contributed by atoms with Crippen LogP contribution in [0.15, 0.2) is 29.9 Å². The van der Waals surface area contributed by atoms with Crippen LogP contribution in [0.2, 0.25) is 0 Å². The molecule has 0 radical (unpaired) electrons. The predicted molar refractivity (Wildman–Crippen MR) is 84.6 cm³/mol. The summed E-state index contributed by atoms with van der Waals surface area (Å²) in [5.74, 6) is 0.806. The van der Waals surface area contributed by atoms with Crippen LogP contribution < -0.4 is 10.1 Å². The first-order valence-corrected chi connectivity index (χ1v) is 7.96. The minimum absolute atomic E-state index is 0.201. The first-order valence-electron chi connectivity index (χ1n) is 7.08. The highest BCUT2D eigenvalue weighted by Gasteiger charge is 2.18. The largest absolute Gasteiger partial charge is 0.495 e. The maximum Gasteiger partial charge on any atom is 0.137 e. The number of ether oxygens (including phenoxy) is 1. The van der Waals surface area contributed by atoms with Crippen molar-refractivity contribution in [2.75, 3.05) is 13.7 Å². The van der Waals surface area contributed by atoms with Crippen molar-refractivity contribution in [2.45, 2.75) is 32.7 Å². The van der Waals surface area contributed by atoms with E-state index < -0.39 is 0 Å². The molecule has 0 bridgehead atoms. The Morgan fingerprint density at radius 3 is 2.90 bits per heavy atom. The van der Waals surface area contributed by atoms with Gasteiger partial charge in [-0.25, -0.2) is 0 Å². The number of hydrogen-bond acceptors (Lipinski definition) is 4. The van der Waals surface area contributed by atoms with Gasteiger partial charge in [-0.2, -0.15) is 0 Å². The molecule has 3 nitrogen and oxygen atoms in total. The summed E-state index contributed by atoms with van der Waals surface area (Å²) in [5.41, 5.74) is 2.57. The molecule has 20 heavy (non-hydrogen) atoms. The average molecular weight is 290 g/mol. The number of pyridine rings is 1. The minimum atomic E-state index is 0.201. The summed E-state index contributed by atoms with van der Waals surface area (Å²) in [7, 11) is 1.68. The van der Waals surface area contributed by atoms with Gasteiger partial charge in [0, 0.05) is 11.1 Å². The number of rotatable bonds is 7. The standard InChI is InChI=1S/C16H22N2OS/c1-4-7-18-15(16-12(5-2)6-8-20-16)13-9-14(19-3)11-17-10-13/h6,8-11,15,18H,4-5,7H2,1-3H3. The zero-order valence-electron chi connectivity index (χ0n) is 12.3. The Balaban J connectivity index is 2.36. The van der Waals surface area contributed by atoms with Crippen LogP contribution in [-0.4, -0.2) is 18.6 Å². The molecule has 2 aromatic heterocycles. The van der Waals surface area contributed by atoms with Crippen molar-refractivity contribution >= 4 is 11.3 Å². The SMILES string of the molecule is CCCNC(c1cncc(OC)c1)c1sccc1CC. The van der Waals surface area contributed by atoms with Gasteiger partial charge < -0.3 is 10.1 Å². The third kappa shape index (κ3) is 3.38. The number of aryl methyl sites for hydroxylation is 1. The smallest absolute Gasteiger partial charge is 0.137 e. The van der Waals surface area contributed by atoms with Crippen molar-refractivity contribution in [3.8, 4) is 5.75 Å². The molecule has 0 saturated heterocycles. The summed E-state index contributed by atoms with van der Waals surface area (Å²) in [6.07, 6.45) is 5.84. The van der Waals surface area contributed by atoms with E-state index in [0.717, 1.165) is 30.7 Å². The number of hydrogen-bond donors (Lipinski definition) is 1. The lowest BCUT2D eigenvalue weighted by molar-refractivity contribution is 0.411. The Labute approximate surface area is 125 Å². The molecule has 0 aromatic carbocycles. The maximum atomic E-state index is 5.30. The molecular weight excluding hydrogens is 268 g/mol. The van der Waals surface area contributed by atoms with Crippen LogP contribution in [0.5, 0.6) is 5.75 Å². The Hall–Kier alpha value is -1.39. The Morgan fingerprint density at radius 2 is 2.20 bits per heavy atom. The summed E-state index contributed by atoms with van der Waals surface area (Å²) in [5, 5.41) is 5.80. The van der Waals surface area contributed by atoms with Crippen molar-refractivity contribution in [3.05, 3.63) is 45.9 Å². The lowest BCUT2D eigenvalue weighted by Gasteiger charge is -2.19. The van der Waals surface area contributed by atoms with Crippen LogP contribution in [0.4, 0.5) is 0 Å². The lowest BCUT2D eigenvalue weighted by atomic mass is 10.0. The summed E-state index contributed by atoms with van der Waals surface area (Å²) < 4.78 is 5.30. The van der Waals surface area contributed by atoms with Gasteiger partial charge in [0.1, 0.15) is 5.75 Å². The molecule has 0 aliphatic rings. The normalized spacial score (nSPS) is 12.3. The van der Waals surface area contributed by atoms with Crippen molar-refractivity contribution in [1.29, 1.82) is 0 Å². The summed E-state index contributed by atoms with van der Waals surface area (Å²) in [6.45, 7) is 5.37. The Morgan fingerprint density at radius 1 is 1.35 bits per heavy atom. The van der Waals surface area contributed by atoms with E-state index in [1.807, 2.05) is 17.5 Å². The second-order valence-corrected chi connectivity index (χ2v) is 5.66. The fourth-order valence-electron chi connectivity index (χ4n) is 2.25. The summed E-state index contributed by atoms with van der Waals surface area (Å²) in [4.78, 5) is 5.67. The highest BCUT2D eigenvalue weighted by molar-refractivity contribution is 7.10. The second kappa shape index (κ2) is 7.41. The lowest BCUT2D eigenvalue weighted by Crippen LogP contribution is -2.23. The van der Waals surface area contributed by atoms with Crippen LogP contribution in [0.3, 0.4) is 0 Å². The van der Waals surface area contributed by atoms with Crippen LogP contribution in [0, 0.1) is 0 Å². The highest BCUT2D eigenvalue weighted by Crippen LogP contribution is 2.31. The number of thiophene rings is 1. The quantitative estimate of drug-likeness (QED) is 0.842. The van der Waals surface area contributed by atoms with Crippen LogP contribution >= 0.6 is 11.3 Å². The van der Waals surface area contributed by atoms with Crippen LogP contribution in [0.25, 0.3) is 0 Å². The molecular formula is C16H22N2OS. The minimum Gasteiger partial charge on any atom is -0.495 e. The molecule has 1 unspecified atom stereocenters. The fourth-order valence-corrected chi connectivity index (χ4v) is 3.35. The topological polar surface area (TPSA) is 34.2 Å². The van der Waals surface area contributed by atoms with Crippen molar-refractivity contribution in [3.63, 3.8) is 0 Å². The molecule has 108 valence electrons. The molecule has 0 aliphatic heterocycles. The number of aromatic nitrogens is 1. The number of nitrogens with zero attached hydrogens (tertiary/aromatic N) is 1. The van der Waals surface area contributed by atoms with E-state index in [-0.39, 0.29) is 6.04 Å². The zero-order valence-corrected chi connectivity index (χ0v) is 13.2. The van der Waals surface area contributed by atoms with Gasteiger partial charge >= 0.3 is 0 Å². The van der Waals surface area contributed by atoms with E-state index in [2.05, 4.69) is 41.7 Å². The molecule has 0 amide bonds. The molecule has 2 heterocycles. The highest BCUT2D eigenvalue weighted by atomic mass is 32.1. The van der Waals surface area contributed by atoms with Gasteiger partial charge in [0.25, 0.3) is 0 Å². The molecule has 1 N–H and O–H groups in total. The van der Waals surface area contributed by atoms with Gasteiger partial charge in [0.15, 0.2) is 0 Å². The number of methoxy groups -OCH3 is 1. The third-order valence-corrected chi connectivity index (χ3v) is 4.35. The fraction of sp³-hybridized carbons (Fsp3) is 0.438. The molecule has 0 spiro atoms. The van der Waals surface area contributed by atoms with E-state index in [9.17, 15) is 0 Å². The van der Waals surface area contributed by atoms with E-state index in [4.69, 9.17) is 4.74 Å². The number of nitrogens with one attached hydrogen (secondary N) is 1. The van der Waals surface area contributed by atoms with E-state index in [1.165, 1.54) is 10.4 Å². The molecule has 0 fully saturated rings. The van der Waals surface area contributed by atoms with Crippen molar-refractivity contribution < 1.29 is 4.74 Å². The van der Waals surface area contributed by atoms with Gasteiger partial charge in [0.05, 0.1) is 19.3 Å². The van der Waals surface area contributed by atoms with Gasteiger partial charge in [-0.15, -0.1) is 11.3 Å². The van der Waals surface area contributed by atoms with Gasteiger partial charge in [-0.05, 0) is 48.0 Å². The Bertz CT molecular complexity index is 539. The van der Waals surface area contributed by atoms with Gasteiger partial charge in [0.2, 0.25) is 0 Å². The predicted octanol–water partition coefficient (Wildman–Crippen LogP) is 3.80. The molecule has 4 heteroatoms. The van der Waals surface area contributed by atoms with Crippen molar-refractivity contribution in [2.24, 2.45) is 0 Å². The van der Waals surface area contributed by atoms with E-state index >= 15 is 0 Å². The average Bonchev–Trinajstić information content (AvgIpc) is 2.96. The molecule has 0 saturated carbocycles. The maximum absolute atomic E-state index is 5.30. The summed E-state index contributed by atoms with van der Waals surface area (Å²) in [6, 6.07) is 4.49. The van der Waals surface area contributed by atoms with Gasteiger partial charge in [-0.1, -0.05) is 13.8 Å². The molecule has 1 atom stereocenters. The molecule has 2 aromatic rings. The zero-order chi connectivity index (χ0) is 14.4. The van der Waals surface area contributed by atoms with E-state index in [0.29, 0.717) is 0 Å². The van der Waals surface area contributed by atoms with E-state index in [1.54, 1.807) is 13.3 Å². The summed E-state index contributed by atoms with van der Waals surface area (Å²) >= 11 is 1.81. The molecule has 2 rings (SSSR count). The first-order chi connectivity index (χ1) is 9.80.